The zero-order valence-electron chi connectivity index (χ0n) is 9.72. The summed E-state index contributed by atoms with van der Waals surface area (Å²) in [6.45, 7) is 0. The van der Waals surface area contributed by atoms with E-state index < -0.39 is 10.1 Å². The van der Waals surface area contributed by atoms with Crippen molar-refractivity contribution in [1.82, 2.24) is 0 Å². The number of rotatable bonds is 3. The van der Waals surface area contributed by atoms with Crippen LogP contribution < -0.4 is 39.0 Å². The summed E-state index contributed by atoms with van der Waals surface area (Å²) in [5.41, 5.74) is 0. The monoisotopic (exact) mass is 242 g/mol. The van der Waals surface area contributed by atoms with Crippen molar-refractivity contribution in [3.63, 3.8) is 0 Å². The zero-order chi connectivity index (χ0) is 10.8. The second-order valence-electron chi connectivity index (χ2n) is 2.49. The predicted molar refractivity (Wildman–Crippen MR) is 50.5 cm³/mol. The molecule has 0 amide bonds. The summed E-state index contributed by atoms with van der Waals surface area (Å²) in [5.74, 6) is 0.501. The van der Waals surface area contributed by atoms with Gasteiger partial charge in [-0.2, -0.15) is 8.42 Å². The fourth-order valence-electron chi connectivity index (χ4n) is 0.988. The van der Waals surface area contributed by atoms with Gasteiger partial charge in [-0.1, -0.05) is 0 Å². The van der Waals surface area contributed by atoms with Crippen molar-refractivity contribution in [2.75, 3.05) is 14.2 Å². The minimum absolute atomic E-state index is 0. The maximum atomic E-state index is 10.8. The van der Waals surface area contributed by atoms with E-state index in [9.17, 15) is 8.42 Å². The van der Waals surface area contributed by atoms with Gasteiger partial charge in [-0.05, 0) is 12.1 Å². The number of ether oxygens (including phenoxy) is 2. The zero-order valence-corrected chi connectivity index (χ0v) is 11.5. The molecule has 7 heteroatoms. The molecule has 0 fully saturated rings. The minimum atomic E-state index is -4.25. The predicted octanol–water partition coefficient (Wildman–Crippen LogP) is -1.93. The summed E-state index contributed by atoms with van der Waals surface area (Å²) >= 11 is 0. The number of hydrogen-bond acceptors (Lipinski definition) is 4. The van der Waals surface area contributed by atoms with Gasteiger partial charge < -0.3 is 10.9 Å². The maximum Gasteiger partial charge on any atom is 1.00 e. The molecule has 0 spiro atoms. The average molecular weight is 242 g/mol. The van der Waals surface area contributed by atoms with Crippen LogP contribution in [0.25, 0.3) is 0 Å². The standard InChI is InChI=1S/C8H10O5S.Na.H/c1-12-6-3-4-8(14(9,10)11)7(5-6)13-2;;/h3-5H,1-2H3,(H,9,10,11);;/q;+1;-1. The van der Waals surface area contributed by atoms with Gasteiger partial charge in [-0.15, -0.1) is 0 Å². The Kier molecular flexibility index (Phi) is 5.61. The Hall–Kier alpha value is -0.270. The van der Waals surface area contributed by atoms with E-state index in [1.165, 1.54) is 32.4 Å². The Morgan fingerprint density at radius 2 is 1.87 bits per heavy atom. The van der Waals surface area contributed by atoms with E-state index in [1.807, 2.05) is 0 Å². The first-order chi connectivity index (χ1) is 6.49. The molecule has 1 rings (SSSR count). The largest absolute Gasteiger partial charge is 1.00 e. The van der Waals surface area contributed by atoms with E-state index in [0.717, 1.165) is 0 Å². The van der Waals surface area contributed by atoms with Gasteiger partial charge in [0.1, 0.15) is 16.4 Å². The molecule has 15 heavy (non-hydrogen) atoms. The van der Waals surface area contributed by atoms with Crippen LogP contribution in [-0.2, 0) is 10.1 Å². The second kappa shape index (κ2) is 5.72. The normalized spacial score (nSPS) is 10.3. The van der Waals surface area contributed by atoms with Crippen molar-refractivity contribution < 1.29 is 53.4 Å². The third-order valence-corrected chi connectivity index (χ3v) is 2.54. The van der Waals surface area contributed by atoms with Gasteiger partial charge in [0.05, 0.1) is 14.2 Å². The topological polar surface area (TPSA) is 72.8 Å². The molecule has 0 aliphatic carbocycles. The third kappa shape index (κ3) is 3.66. The van der Waals surface area contributed by atoms with E-state index in [1.54, 1.807) is 0 Å². The molecule has 0 atom stereocenters. The molecule has 0 bridgehead atoms. The minimum Gasteiger partial charge on any atom is -1.00 e. The van der Waals surface area contributed by atoms with Gasteiger partial charge in [0.15, 0.2) is 0 Å². The quantitative estimate of drug-likeness (QED) is 0.493. The van der Waals surface area contributed by atoms with E-state index >= 15 is 0 Å². The molecule has 0 aromatic heterocycles. The van der Waals surface area contributed by atoms with Crippen molar-refractivity contribution >= 4 is 10.1 Å². The first kappa shape index (κ1) is 14.7. The van der Waals surface area contributed by atoms with Gasteiger partial charge in [0, 0.05) is 6.07 Å². The molecule has 0 aliphatic rings. The molecule has 0 aliphatic heterocycles. The van der Waals surface area contributed by atoms with Crippen molar-refractivity contribution in [2.24, 2.45) is 0 Å². The molecule has 1 N–H and O–H groups in total. The second-order valence-corrected chi connectivity index (χ2v) is 3.88. The SMILES string of the molecule is COc1ccc(S(=O)(=O)O)c(OC)c1.[H-].[Na+]. The van der Waals surface area contributed by atoms with Gasteiger partial charge in [0.25, 0.3) is 10.1 Å². The fraction of sp³-hybridized carbons (Fsp3) is 0.250. The molecule has 1 aromatic carbocycles. The molecule has 1 aromatic rings. The van der Waals surface area contributed by atoms with E-state index in [2.05, 4.69) is 0 Å². The Labute approximate surface area is 112 Å². The smallest absolute Gasteiger partial charge is 1.00 e. The van der Waals surface area contributed by atoms with Crippen molar-refractivity contribution in [1.29, 1.82) is 0 Å². The van der Waals surface area contributed by atoms with Crippen LogP contribution >= 0.6 is 0 Å². The number of benzene rings is 1. The summed E-state index contributed by atoms with van der Waals surface area (Å²) in [7, 11) is -1.50. The summed E-state index contributed by atoms with van der Waals surface area (Å²) in [5, 5.41) is 0. The summed E-state index contributed by atoms with van der Waals surface area (Å²) in [4.78, 5) is -0.277. The molecule has 0 saturated carbocycles. The van der Waals surface area contributed by atoms with Crippen LogP contribution in [0.5, 0.6) is 11.5 Å². The molecule has 0 radical (unpaired) electrons. The number of hydrogen-bond donors (Lipinski definition) is 1. The first-order valence-electron chi connectivity index (χ1n) is 3.68. The summed E-state index contributed by atoms with van der Waals surface area (Å²) in [6.07, 6.45) is 0. The molecule has 0 saturated heterocycles. The van der Waals surface area contributed by atoms with E-state index in [-0.39, 0.29) is 41.6 Å². The third-order valence-electron chi connectivity index (χ3n) is 1.65. The Morgan fingerprint density at radius 3 is 2.27 bits per heavy atom. The molecule has 5 nitrogen and oxygen atoms in total. The van der Waals surface area contributed by atoms with Gasteiger partial charge in [-0.3, -0.25) is 4.55 Å². The van der Waals surface area contributed by atoms with Crippen LogP contribution in [0.2, 0.25) is 0 Å². The van der Waals surface area contributed by atoms with Crippen molar-refractivity contribution in [2.45, 2.75) is 4.90 Å². The molecular formula is C8H11NaO5S. The van der Waals surface area contributed by atoms with Gasteiger partial charge in [-0.25, -0.2) is 0 Å². The molecule has 0 heterocycles. The Balaban J connectivity index is 0. The van der Waals surface area contributed by atoms with Crippen LogP contribution in [0.1, 0.15) is 1.43 Å². The van der Waals surface area contributed by atoms with Crippen LogP contribution in [0.4, 0.5) is 0 Å². The van der Waals surface area contributed by atoms with Gasteiger partial charge >= 0.3 is 29.6 Å². The van der Waals surface area contributed by atoms with E-state index in [4.69, 9.17) is 14.0 Å². The first-order valence-corrected chi connectivity index (χ1v) is 5.12. The van der Waals surface area contributed by atoms with Crippen LogP contribution in [0.15, 0.2) is 23.1 Å². The fourth-order valence-corrected chi connectivity index (χ4v) is 1.62. The molecular weight excluding hydrogens is 231 g/mol. The summed E-state index contributed by atoms with van der Waals surface area (Å²) < 4.78 is 40.2. The Morgan fingerprint density at radius 1 is 1.27 bits per heavy atom. The van der Waals surface area contributed by atoms with Crippen LogP contribution in [-0.4, -0.2) is 27.2 Å². The molecule has 80 valence electrons. The number of methoxy groups -OCH3 is 2. The average Bonchev–Trinajstić information content (AvgIpc) is 2.15. The summed E-state index contributed by atoms with van der Waals surface area (Å²) in [6, 6.07) is 4.02. The van der Waals surface area contributed by atoms with Crippen molar-refractivity contribution in [3.8, 4) is 11.5 Å². The van der Waals surface area contributed by atoms with Crippen LogP contribution in [0, 0.1) is 0 Å². The van der Waals surface area contributed by atoms with E-state index in [0.29, 0.717) is 5.75 Å². The molecule has 0 unspecified atom stereocenters. The maximum absolute atomic E-state index is 10.8. The van der Waals surface area contributed by atoms with Gasteiger partial charge in [0.2, 0.25) is 0 Å². The van der Waals surface area contributed by atoms with Crippen LogP contribution in [0.3, 0.4) is 0 Å². The van der Waals surface area contributed by atoms with Crippen molar-refractivity contribution in [3.05, 3.63) is 18.2 Å². The Bertz CT molecular complexity index is 434.